The first-order valence-electron chi connectivity index (χ1n) is 6.30. The molecule has 0 bridgehead atoms. The lowest BCUT2D eigenvalue weighted by Crippen LogP contribution is -2.27. The zero-order valence-corrected chi connectivity index (χ0v) is 11.2. The number of rotatable bonds is 7. The van der Waals surface area contributed by atoms with Crippen molar-refractivity contribution in [1.82, 2.24) is 5.32 Å². The fourth-order valence-corrected chi connectivity index (χ4v) is 1.63. The average molecular weight is 250 g/mol. The number of nitrogens with one attached hydrogen (secondary N) is 1. The molecule has 1 aromatic rings. The number of carbonyl (C=O) groups excluding carboxylic acids is 1. The maximum atomic E-state index is 11.4. The predicted octanol–water partition coefficient (Wildman–Crippen LogP) is 1.54. The lowest BCUT2D eigenvalue weighted by molar-refractivity contribution is -0.121. The van der Waals surface area contributed by atoms with E-state index in [4.69, 9.17) is 10.5 Å². The van der Waals surface area contributed by atoms with Crippen molar-refractivity contribution in [2.75, 3.05) is 19.7 Å². The lowest BCUT2D eigenvalue weighted by Gasteiger charge is -2.09. The van der Waals surface area contributed by atoms with Crippen molar-refractivity contribution in [1.29, 1.82) is 0 Å². The molecule has 18 heavy (non-hydrogen) atoms. The molecule has 1 rings (SSSR count). The number of aryl methyl sites for hydroxylation is 2. The zero-order valence-electron chi connectivity index (χ0n) is 11.2. The summed E-state index contributed by atoms with van der Waals surface area (Å²) in [6.07, 6.45) is 1.18. The molecule has 4 heteroatoms. The van der Waals surface area contributed by atoms with Crippen LogP contribution < -0.4 is 15.8 Å². The Hall–Kier alpha value is -1.55. The maximum absolute atomic E-state index is 11.4. The van der Waals surface area contributed by atoms with Gasteiger partial charge in [-0.05, 0) is 38.4 Å². The highest BCUT2D eigenvalue weighted by Gasteiger charge is 2.03. The van der Waals surface area contributed by atoms with E-state index in [0.717, 1.165) is 17.7 Å². The maximum Gasteiger partial charge on any atom is 0.223 e. The van der Waals surface area contributed by atoms with Crippen molar-refractivity contribution >= 4 is 5.91 Å². The molecule has 100 valence electrons. The topological polar surface area (TPSA) is 64.3 Å². The highest BCUT2D eigenvalue weighted by molar-refractivity contribution is 5.75. The zero-order chi connectivity index (χ0) is 13.4. The number of benzene rings is 1. The Balaban J connectivity index is 2.26. The summed E-state index contributed by atoms with van der Waals surface area (Å²) in [4.78, 5) is 11.4. The molecular formula is C14H22N2O2. The van der Waals surface area contributed by atoms with E-state index in [1.54, 1.807) is 0 Å². The summed E-state index contributed by atoms with van der Waals surface area (Å²) in [7, 11) is 0. The largest absolute Gasteiger partial charge is 0.493 e. The van der Waals surface area contributed by atoms with Gasteiger partial charge in [-0.3, -0.25) is 4.79 Å². The molecule has 0 saturated carbocycles. The van der Waals surface area contributed by atoms with Crippen molar-refractivity contribution in [3.63, 3.8) is 0 Å². The van der Waals surface area contributed by atoms with Crippen LogP contribution >= 0.6 is 0 Å². The number of ether oxygens (including phenoxy) is 1. The minimum absolute atomic E-state index is 0.00761. The molecule has 3 N–H and O–H groups in total. The predicted molar refractivity (Wildman–Crippen MR) is 72.7 cm³/mol. The van der Waals surface area contributed by atoms with E-state index in [9.17, 15) is 4.79 Å². The second-order valence-corrected chi connectivity index (χ2v) is 4.36. The van der Waals surface area contributed by atoms with E-state index in [-0.39, 0.29) is 5.91 Å². The molecule has 1 aromatic carbocycles. The average Bonchev–Trinajstić information content (AvgIpc) is 2.32. The van der Waals surface area contributed by atoms with Crippen LogP contribution in [0.3, 0.4) is 0 Å². The van der Waals surface area contributed by atoms with Gasteiger partial charge in [0.1, 0.15) is 5.75 Å². The Kier molecular flexibility index (Phi) is 6.22. The van der Waals surface area contributed by atoms with E-state index in [1.165, 1.54) is 5.56 Å². The monoisotopic (exact) mass is 250 g/mol. The van der Waals surface area contributed by atoms with E-state index in [2.05, 4.69) is 11.4 Å². The van der Waals surface area contributed by atoms with Crippen LogP contribution in [-0.2, 0) is 4.79 Å². The van der Waals surface area contributed by atoms with Crippen LogP contribution in [-0.4, -0.2) is 25.6 Å². The molecule has 0 aliphatic heterocycles. The van der Waals surface area contributed by atoms with E-state index in [1.807, 2.05) is 26.0 Å². The standard InChI is InChI=1S/C14H22N2O2/c1-11-4-5-13(12(2)10-11)18-9-6-14(17)16-8-3-7-15/h4-5,10H,3,6-9,15H2,1-2H3,(H,16,17). The van der Waals surface area contributed by atoms with Gasteiger partial charge in [-0.1, -0.05) is 17.7 Å². The summed E-state index contributed by atoms with van der Waals surface area (Å²) in [5, 5.41) is 2.79. The Bertz CT molecular complexity index is 391. The molecule has 0 unspecified atom stereocenters. The van der Waals surface area contributed by atoms with Gasteiger partial charge in [-0.25, -0.2) is 0 Å². The van der Waals surface area contributed by atoms with Crippen molar-refractivity contribution in [2.45, 2.75) is 26.7 Å². The lowest BCUT2D eigenvalue weighted by atomic mass is 10.1. The van der Waals surface area contributed by atoms with Crippen LogP contribution in [0, 0.1) is 13.8 Å². The van der Waals surface area contributed by atoms with Crippen molar-refractivity contribution in [3.8, 4) is 5.75 Å². The molecule has 0 atom stereocenters. The number of hydrogen-bond acceptors (Lipinski definition) is 3. The minimum Gasteiger partial charge on any atom is -0.493 e. The van der Waals surface area contributed by atoms with E-state index < -0.39 is 0 Å². The van der Waals surface area contributed by atoms with Gasteiger partial charge in [-0.2, -0.15) is 0 Å². The molecule has 4 nitrogen and oxygen atoms in total. The third-order valence-electron chi connectivity index (χ3n) is 2.62. The molecule has 0 radical (unpaired) electrons. The summed E-state index contributed by atoms with van der Waals surface area (Å²) in [5.41, 5.74) is 7.65. The molecule has 0 aliphatic rings. The first kappa shape index (κ1) is 14.5. The van der Waals surface area contributed by atoms with E-state index in [0.29, 0.717) is 26.1 Å². The van der Waals surface area contributed by atoms with Gasteiger partial charge in [-0.15, -0.1) is 0 Å². The van der Waals surface area contributed by atoms with Gasteiger partial charge >= 0.3 is 0 Å². The summed E-state index contributed by atoms with van der Waals surface area (Å²) >= 11 is 0. The van der Waals surface area contributed by atoms with Crippen molar-refractivity contribution in [2.24, 2.45) is 5.73 Å². The van der Waals surface area contributed by atoms with Gasteiger partial charge < -0.3 is 15.8 Å². The van der Waals surface area contributed by atoms with Crippen LogP contribution in [0.25, 0.3) is 0 Å². The van der Waals surface area contributed by atoms with Gasteiger partial charge in [0.05, 0.1) is 13.0 Å². The molecule has 0 fully saturated rings. The fourth-order valence-electron chi connectivity index (χ4n) is 1.63. The van der Waals surface area contributed by atoms with Gasteiger partial charge in [0.2, 0.25) is 5.91 Å². The van der Waals surface area contributed by atoms with Gasteiger partial charge in [0.15, 0.2) is 0 Å². The first-order chi connectivity index (χ1) is 8.63. The van der Waals surface area contributed by atoms with E-state index >= 15 is 0 Å². The molecular weight excluding hydrogens is 228 g/mol. The number of nitrogens with two attached hydrogens (primary N) is 1. The minimum atomic E-state index is 0.00761. The molecule has 0 saturated heterocycles. The molecule has 0 spiro atoms. The molecule has 0 heterocycles. The second-order valence-electron chi connectivity index (χ2n) is 4.36. The molecule has 0 aliphatic carbocycles. The normalized spacial score (nSPS) is 10.2. The number of carbonyl (C=O) groups is 1. The summed E-state index contributed by atoms with van der Waals surface area (Å²) < 4.78 is 5.58. The van der Waals surface area contributed by atoms with Gasteiger partial charge in [0.25, 0.3) is 0 Å². The van der Waals surface area contributed by atoms with Crippen LogP contribution in [0.5, 0.6) is 5.75 Å². The Morgan fingerprint density at radius 2 is 2.17 bits per heavy atom. The van der Waals surface area contributed by atoms with Crippen molar-refractivity contribution in [3.05, 3.63) is 29.3 Å². The Labute approximate surface area is 109 Å². The van der Waals surface area contributed by atoms with Gasteiger partial charge in [0, 0.05) is 6.54 Å². The number of amides is 1. The number of hydrogen-bond donors (Lipinski definition) is 2. The summed E-state index contributed by atoms with van der Waals surface area (Å²) in [6, 6.07) is 6.01. The Morgan fingerprint density at radius 3 is 2.83 bits per heavy atom. The SMILES string of the molecule is Cc1ccc(OCCC(=O)NCCCN)c(C)c1. The highest BCUT2D eigenvalue weighted by Crippen LogP contribution is 2.18. The third kappa shape index (κ3) is 5.19. The fraction of sp³-hybridized carbons (Fsp3) is 0.500. The second kappa shape index (κ2) is 7.71. The quantitative estimate of drug-likeness (QED) is 0.721. The summed E-state index contributed by atoms with van der Waals surface area (Å²) in [6.45, 7) is 5.68. The summed E-state index contributed by atoms with van der Waals surface area (Å²) in [5.74, 6) is 0.851. The van der Waals surface area contributed by atoms with Crippen molar-refractivity contribution < 1.29 is 9.53 Å². The molecule has 0 aromatic heterocycles. The molecule has 1 amide bonds. The first-order valence-corrected chi connectivity index (χ1v) is 6.30. The van der Waals surface area contributed by atoms with Crippen LogP contribution in [0.15, 0.2) is 18.2 Å². The van der Waals surface area contributed by atoms with Crippen LogP contribution in [0.1, 0.15) is 24.0 Å². The Morgan fingerprint density at radius 1 is 1.39 bits per heavy atom. The van der Waals surface area contributed by atoms with Crippen LogP contribution in [0.2, 0.25) is 0 Å². The smallest absolute Gasteiger partial charge is 0.223 e. The van der Waals surface area contributed by atoms with Crippen LogP contribution in [0.4, 0.5) is 0 Å². The highest BCUT2D eigenvalue weighted by atomic mass is 16.5. The third-order valence-corrected chi connectivity index (χ3v) is 2.62.